The molecule has 1 aromatic heterocycles. The summed E-state index contributed by atoms with van der Waals surface area (Å²) in [6.45, 7) is 10.5. The van der Waals surface area contributed by atoms with Crippen LogP contribution in [0.25, 0.3) is 0 Å². The Hall–Kier alpha value is -1.56. The molecule has 0 bridgehead atoms. The number of guanidine groups is 1. The van der Waals surface area contributed by atoms with Gasteiger partial charge in [0.05, 0.1) is 12.9 Å². The van der Waals surface area contributed by atoms with Crippen LogP contribution >= 0.6 is 0 Å². The number of likely N-dealkylation sites (tertiary alicyclic amines) is 1. The molecule has 2 rings (SSSR count). The standard InChI is InChI=1S/C16H30N6/c1-3-9-21-10-5-15(6-11-21)20-16(18-4-2)19-8-13-22-12-7-17-14-22/h7,12,14-15H,3-6,8-11,13H2,1-2H3,(H2,18,19,20). The summed E-state index contributed by atoms with van der Waals surface area (Å²) in [7, 11) is 0. The van der Waals surface area contributed by atoms with Crippen LogP contribution in [0.3, 0.4) is 0 Å². The molecule has 0 aromatic carbocycles. The summed E-state index contributed by atoms with van der Waals surface area (Å²) in [6.07, 6.45) is 9.25. The number of nitrogens with zero attached hydrogens (tertiary/aromatic N) is 4. The minimum atomic E-state index is 0.541. The van der Waals surface area contributed by atoms with Crippen molar-refractivity contribution >= 4 is 5.96 Å². The molecule has 0 atom stereocenters. The van der Waals surface area contributed by atoms with Crippen molar-refractivity contribution in [2.24, 2.45) is 4.99 Å². The molecular weight excluding hydrogens is 276 g/mol. The maximum atomic E-state index is 4.67. The average molecular weight is 306 g/mol. The van der Waals surface area contributed by atoms with Crippen molar-refractivity contribution in [3.63, 3.8) is 0 Å². The summed E-state index contributed by atoms with van der Waals surface area (Å²) >= 11 is 0. The van der Waals surface area contributed by atoms with Crippen LogP contribution < -0.4 is 10.6 Å². The number of nitrogens with one attached hydrogen (secondary N) is 2. The molecule has 1 aliphatic heterocycles. The Morgan fingerprint density at radius 1 is 1.27 bits per heavy atom. The zero-order valence-corrected chi connectivity index (χ0v) is 14.0. The van der Waals surface area contributed by atoms with E-state index >= 15 is 0 Å². The van der Waals surface area contributed by atoms with Gasteiger partial charge in [-0.2, -0.15) is 0 Å². The molecule has 1 fully saturated rings. The molecule has 6 nitrogen and oxygen atoms in total. The van der Waals surface area contributed by atoms with Crippen molar-refractivity contribution < 1.29 is 0 Å². The van der Waals surface area contributed by atoms with Gasteiger partial charge in [-0.05, 0) is 32.7 Å². The Morgan fingerprint density at radius 3 is 2.73 bits per heavy atom. The van der Waals surface area contributed by atoms with E-state index < -0.39 is 0 Å². The second-order valence-electron chi connectivity index (χ2n) is 5.82. The van der Waals surface area contributed by atoms with Crippen LogP contribution in [0.15, 0.2) is 23.7 Å². The van der Waals surface area contributed by atoms with Crippen molar-refractivity contribution in [3.8, 4) is 0 Å². The Morgan fingerprint density at radius 2 is 2.09 bits per heavy atom. The lowest BCUT2D eigenvalue weighted by Gasteiger charge is -2.32. The highest BCUT2D eigenvalue weighted by molar-refractivity contribution is 5.80. The van der Waals surface area contributed by atoms with Gasteiger partial charge in [0.25, 0.3) is 0 Å². The molecule has 22 heavy (non-hydrogen) atoms. The first kappa shape index (κ1) is 16.8. The summed E-state index contributed by atoms with van der Waals surface area (Å²) in [4.78, 5) is 11.3. The molecule has 0 unspecified atom stereocenters. The lowest BCUT2D eigenvalue weighted by atomic mass is 10.1. The molecule has 2 N–H and O–H groups in total. The third-order valence-corrected chi connectivity index (χ3v) is 4.00. The van der Waals surface area contributed by atoms with Crippen molar-refractivity contribution in [1.29, 1.82) is 0 Å². The highest BCUT2D eigenvalue weighted by atomic mass is 15.2. The van der Waals surface area contributed by atoms with Crippen molar-refractivity contribution in [2.45, 2.75) is 45.7 Å². The molecule has 0 amide bonds. The number of aliphatic imine (C=N–C) groups is 1. The average Bonchev–Trinajstić information content (AvgIpc) is 3.03. The zero-order valence-electron chi connectivity index (χ0n) is 14.0. The Kier molecular flexibility index (Phi) is 7.22. The van der Waals surface area contributed by atoms with Crippen molar-refractivity contribution in [1.82, 2.24) is 25.1 Å². The molecular formula is C16H30N6. The first-order valence-corrected chi connectivity index (χ1v) is 8.54. The van der Waals surface area contributed by atoms with Gasteiger partial charge < -0.3 is 20.1 Å². The number of rotatable bonds is 7. The van der Waals surface area contributed by atoms with E-state index in [1.165, 1.54) is 38.9 Å². The summed E-state index contributed by atoms with van der Waals surface area (Å²) in [5.74, 6) is 0.941. The fraction of sp³-hybridized carbons (Fsp3) is 0.750. The lowest BCUT2D eigenvalue weighted by molar-refractivity contribution is 0.206. The van der Waals surface area contributed by atoms with Gasteiger partial charge in [0, 0.05) is 44.6 Å². The van der Waals surface area contributed by atoms with E-state index in [4.69, 9.17) is 0 Å². The zero-order chi connectivity index (χ0) is 15.6. The lowest BCUT2D eigenvalue weighted by Crippen LogP contribution is -2.48. The summed E-state index contributed by atoms with van der Waals surface area (Å²) in [5.41, 5.74) is 0. The Balaban J connectivity index is 1.76. The number of piperidine rings is 1. The third-order valence-electron chi connectivity index (χ3n) is 4.00. The quantitative estimate of drug-likeness (QED) is 0.589. The van der Waals surface area contributed by atoms with Crippen LogP contribution in [0.1, 0.15) is 33.1 Å². The van der Waals surface area contributed by atoms with Gasteiger partial charge in [-0.25, -0.2) is 4.98 Å². The molecule has 124 valence electrons. The number of aromatic nitrogens is 2. The van der Waals surface area contributed by atoms with E-state index in [0.717, 1.165) is 25.6 Å². The van der Waals surface area contributed by atoms with Gasteiger partial charge in [0.15, 0.2) is 5.96 Å². The Bertz CT molecular complexity index is 420. The monoisotopic (exact) mass is 306 g/mol. The van der Waals surface area contributed by atoms with Crippen LogP contribution in [0, 0.1) is 0 Å². The normalized spacial score (nSPS) is 17.6. The summed E-state index contributed by atoms with van der Waals surface area (Å²) in [6, 6.07) is 0.541. The van der Waals surface area contributed by atoms with Gasteiger partial charge in [0.1, 0.15) is 0 Å². The van der Waals surface area contributed by atoms with Crippen LogP contribution in [0.5, 0.6) is 0 Å². The van der Waals surface area contributed by atoms with Gasteiger partial charge in [-0.1, -0.05) is 6.92 Å². The first-order chi connectivity index (χ1) is 10.8. The minimum Gasteiger partial charge on any atom is -0.357 e. The highest BCUT2D eigenvalue weighted by Crippen LogP contribution is 2.10. The largest absolute Gasteiger partial charge is 0.357 e. The number of imidazole rings is 1. The first-order valence-electron chi connectivity index (χ1n) is 8.54. The van der Waals surface area contributed by atoms with Crippen molar-refractivity contribution in [2.75, 3.05) is 32.7 Å². The predicted molar refractivity (Wildman–Crippen MR) is 91.1 cm³/mol. The fourth-order valence-corrected chi connectivity index (χ4v) is 2.83. The minimum absolute atomic E-state index is 0.541. The van der Waals surface area contributed by atoms with E-state index in [0.29, 0.717) is 6.04 Å². The second-order valence-corrected chi connectivity index (χ2v) is 5.82. The molecule has 6 heteroatoms. The molecule has 2 heterocycles. The number of hydrogen-bond acceptors (Lipinski definition) is 3. The van der Waals surface area contributed by atoms with E-state index in [9.17, 15) is 0 Å². The predicted octanol–water partition coefficient (Wildman–Crippen LogP) is 1.31. The topological polar surface area (TPSA) is 57.5 Å². The maximum Gasteiger partial charge on any atom is 0.191 e. The van der Waals surface area contributed by atoms with E-state index in [1.807, 2.05) is 12.5 Å². The molecule has 0 aliphatic carbocycles. The SMILES string of the molecule is CCCN1CCC(NC(=NCCn2ccnc2)NCC)CC1. The van der Waals surface area contributed by atoms with E-state index in [2.05, 4.69) is 43.9 Å². The van der Waals surface area contributed by atoms with Gasteiger partial charge in [-0.3, -0.25) is 4.99 Å². The second kappa shape index (κ2) is 9.46. The third kappa shape index (κ3) is 5.67. The van der Waals surface area contributed by atoms with Gasteiger partial charge in [-0.15, -0.1) is 0 Å². The summed E-state index contributed by atoms with van der Waals surface area (Å²) < 4.78 is 2.05. The molecule has 1 saturated heterocycles. The van der Waals surface area contributed by atoms with E-state index in [-0.39, 0.29) is 0 Å². The van der Waals surface area contributed by atoms with Crippen LogP contribution in [-0.4, -0.2) is 59.2 Å². The number of hydrogen-bond donors (Lipinski definition) is 2. The smallest absolute Gasteiger partial charge is 0.191 e. The molecule has 0 radical (unpaired) electrons. The van der Waals surface area contributed by atoms with E-state index in [1.54, 1.807) is 6.20 Å². The van der Waals surface area contributed by atoms with Crippen LogP contribution in [0.4, 0.5) is 0 Å². The van der Waals surface area contributed by atoms with Crippen LogP contribution in [0.2, 0.25) is 0 Å². The Labute approximate surface area is 134 Å². The summed E-state index contributed by atoms with van der Waals surface area (Å²) in [5, 5.41) is 6.93. The maximum absolute atomic E-state index is 4.67. The van der Waals surface area contributed by atoms with Gasteiger partial charge in [0.2, 0.25) is 0 Å². The van der Waals surface area contributed by atoms with Gasteiger partial charge >= 0.3 is 0 Å². The highest BCUT2D eigenvalue weighted by Gasteiger charge is 2.19. The molecule has 1 aliphatic rings. The molecule has 0 spiro atoms. The van der Waals surface area contributed by atoms with Crippen LogP contribution in [-0.2, 0) is 6.54 Å². The molecule has 0 saturated carbocycles. The molecule has 1 aromatic rings. The van der Waals surface area contributed by atoms with Crippen molar-refractivity contribution in [3.05, 3.63) is 18.7 Å². The fourth-order valence-electron chi connectivity index (χ4n) is 2.83.